The molecule has 2 heterocycles. The Labute approximate surface area is 104 Å². The monoisotopic (exact) mass is 249 g/mol. The minimum absolute atomic E-state index is 0.679. The Morgan fingerprint density at radius 1 is 1.29 bits per heavy atom. The maximum atomic E-state index is 6.20. The number of rotatable bonds is 1. The number of nitrogen functional groups attached to an aromatic ring is 1. The second-order valence-electron chi connectivity index (χ2n) is 4.04. The van der Waals surface area contributed by atoms with Gasteiger partial charge >= 0.3 is 0 Å². The average Bonchev–Trinajstić information content (AvgIpc) is 2.76. The van der Waals surface area contributed by atoms with E-state index in [0.717, 1.165) is 24.6 Å². The van der Waals surface area contributed by atoms with Crippen LogP contribution in [0.3, 0.4) is 0 Å². The summed E-state index contributed by atoms with van der Waals surface area (Å²) in [7, 11) is 0. The molecule has 1 aromatic carbocycles. The van der Waals surface area contributed by atoms with Gasteiger partial charge in [0.1, 0.15) is 6.33 Å². The van der Waals surface area contributed by atoms with Crippen LogP contribution < -0.4 is 10.6 Å². The maximum absolute atomic E-state index is 6.20. The number of benzene rings is 1. The van der Waals surface area contributed by atoms with Crippen LogP contribution in [0.2, 0.25) is 5.02 Å². The smallest absolute Gasteiger partial charge is 0.152 e. The Bertz CT molecular complexity index is 530. The Balaban J connectivity index is 1.97. The van der Waals surface area contributed by atoms with Gasteiger partial charge in [-0.1, -0.05) is 17.7 Å². The van der Waals surface area contributed by atoms with Crippen molar-refractivity contribution in [3.05, 3.63) is 35.4 Å². The molecule has 0 fully saturated rings. The standard InChI is InChI=1S/C11H12ClN5/c12-8-2-1-3-9(13)11(8)16-4-5-17-7-14-15-10(17)6-16/h1-3,7H,4-6,13H2. The molecule has 0 unspecified atom stereocenters. The normalized spacial score (nSPS) is 14.8. The zero-order valence-corrected chi connectivity index (χ0v) is 9.93. The fraction of sp³-hybridized carbons (Fsp3) is 0.273. The predicted octanol–water partition coefficient (Wildman–Crippen LogP) is 1.53. The van der Waals surface area contributed by atoms with E-state index in [0.29, 0.717) is 17.3 Å². The molecule has 0 spiro atoms. The highest BCUT2D eigenvalue weighted by atomic mass is 35.5. The van der Waals surface area contributed by atoms with Gasteiger partial charge in [-0.3, -0.25) is 0 Å². The molecule has 0 amide bonds. The van der Waals surface area contributed by atoms with Crippen molar-refractivity contribution < 1.29 is 0 Å². The zero-order chi connectivity index (χ0) is 11.8. The van der Waals surface area contributed by atoms with Crippen LogP contribution >= 0.6 is 11.6 Å². The van der Waals surface area contributed by atoms with Gasteiger partial charge < -0.3 is 15.2 Å². The van der Waals surface area contributed by atoms with Gasteiger partial charge in [0, 0.05) is 13.1 Å². The highest BCUT2D eigenvalue weighted by Gasteiger charge is 2.20. The summed E-state index contributed by atoms with van der Waals surface area (Å²) in [6.07, 6.45) is 1.75. The van der Waals surface area contributed by atoms with Gasteiger partial charge in [0.15, 0.2) is 5.82 Å². The van der Waals surface area contributed by atoms with Crippen molar-refractivity contribution >= 4 is 23.0 Å². The van der Waals surface area contributed by atoms with Crippen molar-refractivity contribution in [2.75, 3.05) is 17.2 Å². The van der Waals surface area contributed by atoms with Gasteiger partial charge in [0.25, 0.3) is 0 Å². The first-order valence-corrected chi connectivity index (χ1v) is 5.79. The van der Waals surface area contributed by atoms with E-state index in [1.807, 2.05) is 22.8 Å². The van der Waals surface area contributed by atoms with Gasteiger partial charge in [-0.15, -0.1) is 10.2 Å². The highest BCUT2D eigenvalue weighted by Crippen LogP contribution is 2.33. The molecule has 1 aromatic heterocycles. The van der Waals surface area contributed by atoms with Crippen molar-refractivity contribution in [1.29, 1.82) is 0 Å². The first-order chi connectivity index (χ1) is 8.25. The molecule has 17 heavy (non-hydrogen) atoms. The van der Waals surface area contributed by atoms with Gasteiger partial charge in [-0.2, -0.15) is 0 Å². The minimum Gasteiger partial charge on any atom is -0.397 e. The summed E-state index contributed by atoms with van der Waals surface area (Å²) in [5, 5.41) is 8.66. The molecular weight excluding hydrogens is 238 g/mol. The predicted molar refractivity (Wildman–Crippen MR) is 66.9 cm³/mol. The number of anilines is 2. The van der Waals surface area contributed by atoms with Gasteiger partial charge in [0.05, 0.1) is 22.9 Å². The molecule has 2 aromatic rings. The molecule has 0 atom stereocenters. The summed E-state index contributed by atoms with van der Waals surface area (Å²) in [6.45, 7) is 2.40. The average molecular weight is 250 g/mol. The molecule has 88 valence electrons. The van der Waals surface area contributed by atoms with E-state index in [4.69, 9.17) is 17.3 Å². The van der Waals surface area contributed by atoms with Crippen LogP contribution in [0.25, 0.3) is 0 Å². The molecule has 5 nitrogen and oxygen atoms in total. The first kappa shape index (κ1) is 10.4. The molecule has 0 aliphatic carbocycles. The van der Waals surface area contributed by atoms with Crippen LogP contribution in [0, 0.1) is 0 Å². The molecule has 0 saturated carbocycles. The highest BCUT2D eigenvalue weighted by molar-refractivity contribution is 6.34. The van der Waals surface area contributed by atoms with Gasteiger partial charge in [-0.25, -0.2) is 0 Å². The quantitative estimate of drug-likeness (QED) is 0.779. The van der Waals surface area contributed by atoms with E-state index in [1.54, 1.807) is 6.33 Å². The topological polar surface area (TPSA) is 60.0 Å². The third-order valence-corrected chi connectivity index (χ3v) is 3.28. The lowest BCUT2D eigenvalue weighted by molar-refractivity contribution is 0.560. The molecule has 1 aliphatic heterocycles. The lowest BCUT2D eigenvalue weighted by Crippen LogP contribution is -2.34. The minimum atomic E-state index is 0.679. The van der Waals surface area contributed by atoms with Crippen LogP contribution in [0.5, 0.6) is 0 Å². The number of halogens is 1. The molecule has 6 heteroatoms. The van der Waals surface area contributed by atoms with Crippen molar-refractivity contribution in [3.8, 4) is 0 Å². The fourth-order valence-corrected chi connectivity index (χ4v) is 2.42. The fourth-order valence-electron chi connectivity index (χ4n) is 2.12. The molecule has 0 bridgehead atoms. The molecule has 2 N–H and O–H groups in total. The Hall–Kier alpha value is -1.75. The first-order valence-electron chi connectivity index (χ1n) is 5.41. The molecule has 1 aliphatic rings. The van der Waals surface area contributed by atoms with Crippen molar-refractivity contribution in [2.24, 2.45) is 0 Å². The number of aromatic nitrogens is 3. The van der Waals surface area contributed by atoms with Crippen LogP contribution in [0.4, 0.5) is 11.4 Å². The number of hydrogen-bond acceptors (Lipinski definition) is 4. The largest absolute Gasteiger partial charge is 0.397 e. The molecular formula is C11H12ClN5. The van der Waals surface area contributed by atoms with E-state index in [1.165, 1.54) is 0 Å². The third kappa shape index (κ3) is 1.72. The molecule has 3 rings (SSSR count). The summed E-state index contributed by atoms with van der Waals surface area (Å²) < 4.78 is 2.05. The van der Waals surface area contributed by atoms with Crippen LogP contribution in [-0.4, -0.2) is 21.3 Å². The lowest BCUT2D eigenvalue weighted by Gasteiger charge is -2.30. The summed E-state index contributed by atoms with van der Waals surface area (Å²) >= 11 is 6.20. The lowest BCUT2D eigenvalue weighted by atomic mass is 10.2. The SMILES string of the molecule is Nc1cccc(Cl)c1N1CCn2cnnc2C1. The summed E-state index contributed by atoms with van der Waals surface area (Å²) in [6, 6.07) is 5.57. The van der Waals surface area contributed by atoms with E-state index in [2.05, 4.69) is 15.1 Å². The van der Waals surface area contributed by atoms with Crippen LogP contribution in [0.15, 0.2) is 24.5 Å². The van der Waals surface area contributed by atoms with Crippen LogP contribution in [0.1, 0.15) is 5.82 Å². The molecule has 0 radical (unpaired) electrons. The molecule has 0 saturated heterocycles. The van der Waals surface area contributed by atoms with E-state index < -0.39 is 0 Å². The number of nitrogens with zero attached hydrogens (tertiary/aromatic N) is 4. The summed E-state index contributed by atoms with van der Waals surface area (Å²) in [5.74, 6) is 0.940. The van der Waals surface area contributed by atoms with Gasteiger partial charge in [0.2, 0.25) is 0 Å². The third-order valence-electron chi connectivity index (χ3n) is 2.97. The van der Waals surface area contributed by atoms with E-state index >= 15 is 0 Å². The summed E-state index contributed by atoms with van der Waals surface area (Å²) in [5.41, 5.74) is 7.57. The zero-order valence-electron chi connectivity index (χ0n) is 9.17. The number of hydrogen-bond donors (Lipinski definition) is 1. The number of para-hydroxylation sites is 1. The van der Waals surface area contributed by atoms with Crippen LogP contribution in [-0.2, 0) is 13.1 Å². The number of nitrogens with two attached hydrogens (primary N) is 1. The Morgan fingerprint density at radius 3 is 3.00 bits per heavy atom. The van der Waals surface area contributed by atoms with Crippen molar-refractivity contribution in [2.45, 2.75) is 13.1 Å². The summed E-state index contributed by atoms with van der Waals surface area (Å²) in [4.78, 5) is 2.14. The Morgan fingerprint density at radius 2 is 2.18 bits per heavy atom. The Kier molecular flexibility index (Phi) is 2.40. The van der Waals surface area contributed by atoms with Gasteiger partial charge in [-0.05, 0) is 12.1 Å². The van der Waals surface area contributed by atoms with E-state index in [9.17, 15) is 0 Å². The second kappa shape index (κ2) is 3.92. The number of fused-ring (bicyclic) bond motifs is 1. The second-order valence-corrected chi connectivity index (χ2v) is 4.45. The van der Waals surface area contributed by atoms with Crippen molar-refractivity contribution in [3.63, 3.8) is 0 Å². The van der Waals surface area contributed by atoms with Crippen molar-refractivity contribution in [1.82, 2.24) is 14.8 Å². The maximum Gasteiger partial charge on any atom is 0.152 e. The van der Waals surface area contributed by atoms with E-state index in [-0.39, 0.29) is 0 Å².